The molecule has 0 radical (unpaired) electrons. The monoisotopic (exact) mass is 366 g/mol. The summed E-state index contributed by atoms with van der Waals surface area (Å²) >= 11 is 0. The van der Waals surface area contributed by atoms with E-state index in [-0.39, 0.29) is 5.69 Å². The Morgan fingerprint density at radius 1 is 1.22 bits per heavy atom. The van der Waals surface area contributed by atoms with E-state index in [4.69, 9.17) is 0 Å². The van der Waals surface area contributed by atoms with Crippen molar-refractivity contribution in [1.29, 1.82) is 0 Å². The number of nitro groups is 1. The SMILES string of the molecule is CCc1ccc(N2C[C@@](O)(c3cccc([N+](=O)[O-])c3)[N+]3=C2CCCC3)cc1. The van der Waals surface area contributed by atoms with E-state index in [0.29, 0.717) is 12.1 Å². The summed E-state index contributed by atoms with van der Waals surface area (Å²) in [5.74, 6) is 1.10. The van der Waals surface area contributed by atoms with E-state index in [1.807, 2.05) is 4.58 Å². The zero-order valence-corrected chi connectivity index (χ0v) is 15.5. The molecule has 4 rings (SSSR count). The highest BCUT2D eigenvalue weighted by atomic mass is 16.6. The van der Waals surface area contributed by atoms with Gasteiger partial charge in [-0.1, -0.05) is 31.2 Å². The molecule has 0 aliphatic carbocycles. The minimum atomic E-state index is -1.26. The molecule has 0 bridgehead atoms. The molecule has 140 valence electrons. The second-order valence-electron chi connectivity index (χ2n) is 7.26. The third-order valence-corrected chi connectivity index (χ3v) is 5.66. The predicted octanol–water partition coefficient (Wildman–Crippen LogP) is 3.42. The third-order valence-electron chi connectivity index (χ3n) is 5.66. The number of β-amino-alcohol motifs (C(OH)–C–C–N with tert-alkyl or cyclic N) is 1. The number of aliphatic hydroxyl groups is 1. The minimum absolute atomic E-state index is 0.00485. The van der Waals surface area contributed by atoms with Gasteiger partial charge in [0.1, 0.15) is 5.69 Å². The van der Waals surface area contributed by atoms with Crippen molar-refractivity contribution in [3.63, 3.8) is 0 Å². The van der Waals surface area contributed by atoms with Gasteiger partial charge in [0.15, 0.2) is 6.54 Å². The van der Waals surface area contributed by atoms with Crippen LogP contribution in [0.2, 0.25) is 0 Å². The van der Waals surface area contributed by atoms with Gasteiger partial charge in [-0.3, -0.25) is 10.1 Å². The van der Waals surface area contributed by atoms with Crippen molar-refractivity contribution in [2.75, 3.05) is 18.0 Å². The molecular weight excluding hydrogens is 342 g/mol. The molecule has 6 heteroatoms. The Kier molecular flexibility index (Phi) is 4.44. The number of benzene rings is 2. The van der Waals surface area contributed by atoms with Crippen molar-refractivity contribution in [1.82, 2.24) is 0 Å². The summed E-state index contributed by atoms with van der Waals surface area (Å²) in [5, 5.41) is 22.8. The van der Waals surface area contributed by atoms with Crippen LogP contribution in [-0.4, -0.2) is 33.5 Å². The molecule has 2 aromatic carbocycles. The maximum Gasteiger partial charge on any atom is 0.271 e. The third kappa shape index (κ3) is 3.00. The first kappa shape index (κ1) is 17.7. The van der Waals surface area contributed by atoms with E-state index < -0.39 is 10.6 Å². The molecule has 0 saturated carbocycles. The summed E-state index contributed by atoms with van der Waals surface area (Å²) in [6, 6.07) is 14.8. The molecule has 6 nitrogen and oxygen atoms in total. The lowest BCUT2D eigenvalue weighted by Crippen LogP contribution is -2.41. The first-order chi connectivity index (χ1) is 13.0. The molecule has 2 heterocycles. The molecule has 1 N–H and O–H groups in total. The van der Waals surface area contributed by atoms with Gasteiger partial charge in [-0.05, 0) is 37.0 Å². The largest absolute Gasteiger partial charge is 0.346 e. The highest BCUT2D eigenvalue weighted by Gasteiger charge is 2.52. The Bertz CT molecular complexity index is 907. The van der Waals surface area contributed by atoms with Crippen molar-refractivity contribution in [3.05, 3.63) is 69.8 Å². The number of hydrogen-bond donors (Lipinski definition) is 1. The molecule has 27 heavy (non-hydrogen) atoms. The van der Waals surface area contributed by atoms with Crippen LogP contribution >= 0.6 is 0 Å². The number of anilines is 1. The van der Waals surface area contributed by atoms with Gasteiger partial charge in [0.05, 0.1) is 11.5 Å². The van der Waals surface area contributed by atoms with Gasteiger partial charge >= 0.3 is 0 Å². The van der Waals surface area contributed by atoms with E-state index in [1.54, 1.807) is 12.1 Å². The van der Waals surface area contributed by atoms with E-state index >= 15 is 0 Å². The molecule has 0 aromatic heterocycles. The zero-order valence-electron chi connectivity index (χ0n) is 15.5. The standard InChI is InChI=1S/C21H24N3O3/c1-2-16-9-11-18(12-10-16)22-15-21(25,23-13-4-3-8-20(22)23)17-6-5-7-19(14-17)24(26)27/h5-7,9-12,14,25H,2-4,8,13,15H2,1H3/q+1/t21-/m1/s1. The molecule has 0 fully saturated rings. The second kappa shape index (κ2) is 6.78. The smallest absolute Gasteiger partial charge is 0.271 e. The van der Waals surface area contributed by atoms with Crippen LogP contribution in [0.1, 0.15) is 37.3 Å². The van der Waals surface area contributed by atoms with E-state index in [1.165, 1.54) is 17.7 Å². The lowest BCUT2D eigenvalue weighted by Gasteiger charge is -2.24. The van der Waals surface area contributed by atoms with Crippen LogP contribution in [0.3, 0.4) is 0 Å². The van der Waals surface area contributed by atoms with Crippen LogP contribution in [0, 0.1) is 10.1 Å². The molecule has 2 aromatic rings. The Morgan fingerprint density at radius 3 is 2.70 bits per heavy atom. The fourth-order valence-electron chi connectivity index (χ4n) is 4.16. The number of aryl methyl sites for hydroxylation is 1. The lowest BCUT2D eigenvalue weighted by molar-refractivity contribution is -0.661. The molecule has 2 aliphatic heterocycles. The number of hydrogen-bond acceptors (Lipinski definition) is 4. The fourth-order valence-corrected chi connectivity index (χ4v) is 4.16. The van der Waals surface area contributed by atoms with Gasteiger partial charge in [0.2, 0.25) is 0 Å². The van der Waals surface area contributed by atoms with Crippen LogP contribution < -0.4 is 4.90 Å². The fraction of sp³-hybridized carbons (Fsp3) is 0.381. The number of rotatable bonds is 4. The number of amidine groups is 1. The van der Waals surface area contributed by atoms with E-state index in [2.05, 4.69) is 36.1 Å². The van der Waals surface area contributed by atoms with Gasteiger partial charge in [-0.15, -0.1) is 0 Å². The highest BCUT2D eigenvalue weighted by molar-refractivity contribution is 5.96. The number of nitrogens with zero attached hydrogens (tertiary/aromatic N) is 3. The summed E-state index contributed by atoms with van der Waals surface area (Å²) in [6.07, 6.45) is 3.97. The summed E-state index contributed by atoms with van der Waals surface area (Å²) in [7, 11) is 0. The van der Waals surface area contributed by atoms with Crippen molar-refractivity contribution in [2.24, 2.45) is 0 Å². The maximum atomic E-state index is 11.6. The first-order valence-electron chi connectivity index (χ1n) is 9.50. The Hall–Kier alpha value is -2.73. The van der Waals surface area contributed by atoms with Crippen molar-refractivity contribution < 1.29 is 14.6 Å². The topological polar surface area (TPSA) is 69.6 Å². The number of non-ortho nitro benzene ring substituents is 1. The van der Waals surface area contributed by atoms with Crippen molar-refractivity contribution >= 4 is 17.2 Å². The van der Waals surface area contributed by atoms with Crippen molar-refractivity contribution in [2.45, 2.75) is 38.3 Å². The quantitative estimate of drug-likeness (QED) is 0.511. The first-order valence-corrected chi connectivity index (χ1v) is 9.50. The molecular formula is C21H24N3O3+. The Balaban J connectivity index is 1.77. The van der Waals surface area contributed by atoms with Crippen LogP contribution in [0.5, 0.6) is 0 Å². The normalized spacial score (nSPS) is 22.1. The van der Waals surface area contributed by atoms with Crippen LogP contribution in [0.25, 0.3) is 0 Å². The zero-order chi connectivity index (χ0) is 19.0. The molecule has 0 amide bonds. The number of nitro benzene ring substituents is 1. The molecule has 0 saturated heterocycles. The summed E-state index contributed by atoms with van der Waals surface area (Å²) in [4.78, 5) is 12.9. The van der Waals surface area contributed by atoms with Gasteiger partial charge < -0.3 is 5.11 Å². The second-order valence-corrected chi connectivity index (χ2v) is 7.26. The molecule has 0 unspecified atom stereocenters. The molecule has 1 atom stereocenters. The maximum absolute atomic E-state index is 11.6. The van der Waals surface area contributed by atoms with Gasteiger partial charge in [-0.2, -0.15) is 0 Å². The molecule has 2 aliphatic rings. The summed E-state index contributed by atoms with van der Waals surface area (Å²) < 4.78 is 2.03. The van der Waals surface area contributed by atoms with Gasteiger partial charge in [0, 0.05) is 24.1 Å². The summed E-state index contributed by atoms with van der Waals surface area (Å²) in [6.45, 7) is 3.25. The van der Waals surface area contributed by atoms with Crippen molar-refractivity contribution in [3.8, 4) is 0 Å². The van der Waals surface area contributed by atoms with E-state index in [0.717, 1.165) is 43.8 Å². The highest BCUT2D eigenvalue weighted by Crippen LogP contribution is 2.36. The average Bonchev–Trinajstić information content (AvgIpc) is 3.02. The van der Waals surface area contributed by atoms with Crippen LogP contribution in [0.4, 0.5) is 11.4 Å². The molecule has 0 spiro atoms. The van der Waals surface area contributed by atoms with Crippen LogP contribution in [0.15, 0.2) is 48.5 Å². The average molecular weight is 366 g/mol. The summed E-state index contributed by atoms with van der Waals surface area (Å²) in [5.41, 5.74) is 1.65. The van der Waals surface area contributed by atoms with Gasteiger partial charge in [-0.25, -0.2) is 9.48 Å². The predicted molar refractivity (Wildman–Crippen MR) is 104 cm³/mol. The van der Waals surface area contributed by atoms with Crippen LogP contribution in [-0.2, 0) is 12.1 Å². The Morgan fingerprint density at radius 2 is 2.00 bits per heavy atom. The lowest BCUT2D eigenvalue weighted by atomic mass is 10.0. The van der Waals surface area contributed by atoms with Gasteiger partial charge in [0.25, 0.3) is 17.2 Å². The Labute approximate surface area is 158 Å². The van der Waals surface area contributed by atoms with E-state index in [9.17, 15) is 15.2 Å². The minimum Gasteiger partial charge on any atom is -0.346 e.